The number of halogens is 1. The molecule has 1 N–H and O–H groups in total. The van der Waals surface area contributed by atoms with Crippen molar-refractivity contribution in [2.24, 2.45) is 0 Å². The third kappa shape index (κ3) is 3.33. The van der Waals surface area contributed by atoms with Gasteiger partial charge in [0.1, 0.15) is 17.7 Å². The zero-order valence-corrected chi connectivity index (χ0v) is 13.2. The molecule has 0 unspecified atom stereocenters. The minimum absolute atomic E-state index is 0.525. The average Bonchev–Trinajstić information content (AvgIpc) is 3.00. The van der Waals surface area contributed by atoms with Crippen LogP contribution in [0.1, 0.15) is 17.0 Å². The van der Waals surface area contributed by atoms with Crippen molar-refractivity contribution in [2.75, 3.05) is 5.32 Å². The average molecular weight is 324 g/mol. The summed E-state index contributed by atoms with van der Waals surface area (Å²) < 4.78 is 1.92. The third-order valence-corrected chi connectivity index (χ3v) is 3.70. The lowest BCUT2D eigenvalue weighted by atomic mass is 10.2. The van der Waals surface area contributed by atoms with Gasteiger partial charge in [0.05, 0.1) is 11.3 Å². The Morgan fingerprint density at radius 2 is 2.09 bits per heavy atom. The SMILES string of the molecule is Cc1nccn1-c1cc(CNc2ccc(Cl)cc2C#N)ccn1. The number of anilines is 1. The van der Waals surface area contributed by atoms with E-state index in [1.165, 1.54) is 0 Å². The number of hydrogen-bond acceptors (Lipinski definition) is 4. The molecule has 5 nitrogen and oxygen atoms in total. The van der Waals surface area contributed by atoms with Crippen LogP contribution in [0.25, 0.3) is 5.82 Å². The Balaban J connectivity index is 1.80. The van der Waals surface area contributed by atoms with Crippen molar-refractivity contribution in [3.8, 4) is 11.9 Å². The molecule has 1 aromatic carbocycles. The summed E-state index contributed by atoms with van der Waals surface area (Å²) in [5.74, 6) is 1.70. The summed E-state index contributed by atoms with van der Waals surface area (Å²) in [6.07, 6.45) is 5.38. The summed E-state index contributed by atoms with van der Waals surface area (Å²) in [4.78, 5) is 8.57. The zero-order chi connectivity index (χ0) is 16.2. The van der Waals surface area contributed by atoms with Crippen LogP contribution in [-0.2, 0) is 6.54 Å². The summed E-state index contributed by atoms with van der Waals surface area (Å²) in [5, 5.41) is 13.0. The largest absolute Gasteiger partial charge is 0.380 e. The van der Waals surface area contributed by atoms with Gasteiger partial charge in [-0.2, -0.15) is 5.26 Å². The first kappa shape index (κ1) is 15.1. The van der Waals surface area contributed by atoms with Gasteiger partial charge in [0.15, 0.2) is 0 Å². The fraction of sp³-hybridized carbons (Fsp3) is 0.118. The van der Waals surface area contributed by atoms with Crippen molar-refractivity contribution in [3.63, 3.8) is 0 Å². The van der Waals surface area contributed by atoms with Gasteiger partial charge in [0.25, 0.3) is 0 Å². The number of pyridine rings is 1. The van der Waals surface area contributed by atoms with Crippen LogP contribution in [0.4, 0.5) is 5.69 Å². The number of imidazole rings is 1. The standard InChI is InChI=1S/C17H14ClN5/c1-12-20-6-7-23(12)17-8-13(4-5-21-17)11-22-16-3-2-15(18)9-14(16)10-19/h2-9,22H,11H2,1H3. The van der Waals surface area contributed by atoms with Gasteiger partial charge in [-0.05, 0) is 42.8 Å². The van der Waals surface area contributed by atoms with Gasteiger partial charge in [0, 0.05) is 30.2 Å². The Bertz CT molecular complexity index is 879. The highest BCUT2D eigenvalue weighted by atomic mass is 35.5. The van der Waals surface area contributed by atoms with Crippen LogP contribution >= 0.6 is 11.6 Å². The van der Waals surface area contributed by atoms with E-state index >= 15 is 0 Å². The summed E-state index contributed by atoms with van der Waals surface area (Å²) in [6, 6.07) is 11.3. The van der Waals surface area contributed by atoms with Crippen LogP contribution in [0.2, 0.25) is 5.02 Å². The van der Waals surface area contributed by atoms with E-state index in [4.69, 9.17) is 11.6 Å². The molecule has 0 atom stereocenters. The van der Waals surface area contributed by atoms with Gasteiger partial charge in [-0.25, -0.2) is 9.97 Å². The predicted molar refractivity (Wildman–Crippen MR) is 89.6 cm³/mol. The minimum atomic E-state index is 0.525. The van der Waals surface area contributed by atoms with E-state index in [1.54, 1.807) is 24.5 Å². The number of nitrogens with one attached hydrogen (secondary N) is 1. The topological polar surface area (TPSA) is 66.5 Å². The lowest BCUT2D eigenvalue weighted by molar-refractivity contribution is 0.925. The summed E-state index contributed by atoms with van der Waals surface area (Å²) >= 11 is 5.91. The first-order valence-electron chi connectivity index (χ1n) is 7.06. The first-order chi connectivity index (χ1) is 11.2. The molecule has 0 saturated heterocycles. The second-order valence-corrected chi connectivity index (χ2v) is 5.46. The molecule has 0 aliphatic rings. The zero-order valence-electron chi connectivity index (χ0n) is 12.5. The molecule has 0 aliphatic carbocycles. The second-order valence-electron chi connectivity index (χ2n) is 5.02. The molecule has 0 amide bonds. The van der Waals surface area contributed by atoms with Gasteiger partial charge >= 0.3 is 0 Å². The number of rotatable bonds is 4. The van der Waals surface area contributed by atoms with Gasteiger partial charge in [-0.15, -0.1) is 0 Å². The quantitative estimate of drug-likeness (QED) is 0.794. The monoisotopic (exact) mass is 323 g/mol. The van der Waals surface area contributed by atoms with Crippen LogP contribution in [-0.4, -0.2) is 14.5 Å². The number of nitrogens with zero attached hydrogens (tertiary/aromatic N) is 4. The number of hydrogen-bond donors (Lipinski definition) is 1. The van der Waals surface area contributed by atoms with Gasteiger partial charge in [-0.3, -0.25) is 4.57 Å². The van der Waals surface area contributed by atoms with E-state index in [0.717, 1.165) is 22.9 Å². The summed E-state index contributed by atoms with van der Waals surface area (Å²) in [7, 11) is 0. The van der Waals surface area contributed by atoms with Crippen LogP contribution in [0.3, 0.4) is 0 Å². The predicted octanol–water partition coefficient (Wildman–Crippen LogP) is 3.71. The maximum absolute atomic E-state index is 9.17. The van der Waals surface area contributed by atoms with Crippen molar-refractivity contribution in [3.05, 3.63) is 70.9 Å². The maximum atomic E-state index is 9.17. The fourth-order valence-corrected chi connectivity index (χ4v) is 2.45. The Kier molecular flexibility index (Phi) is 4.26. The van der Waals surface area contributed by atoms with E-state index in [2.05, 4.69) is 21.4 Å². The lowest BCUT2D eigenvalue weighted by Crippen LogP contribution is -2.04. The summed E-state index contributed by atoms with van der Waals surface area (Å²) in [6.45, 7) is 2.51. The molecule has 0 saturated carbocycles. The Labute approximate surface area is 139 Å². The molecule has 0 bridgehead atoms. The highest BCUT2D eigenvalue weighted by Gasteiger charge is 2.05. The Morgan fingerprint density at radius 1 is 1.22 bits per heavy atom. The van der Waals surface area contributed by atoms with E-state index in [0.29, 0.717) is 17.1 Å². The molecule has 0 spiro atoms. The van der Waals surface area contributed by atoms with Crippen LogP contribution in [0.5, 0.6) is 0 Å². The van der Waals surface area contributed by atoms with Crippen LogP contribution in [0, 0.1) is 18.3 Å². The molecule has 2 heterocycles. The molecule has 3 aromatic rings. The highest BCUT2D eigenvalue weighted by Crippen LogP contribution is 2.20. The third-order valence-electron chi connectivity index (χ3n) is 3.47. The van der Waals surface area contributed by atoms with Crippen molar-refractivity contribution in [1.82, 2.24) is 14.5 Å². The van der Waals surface area contributed by atoms with Gasteiger partial charge in [-0.1, -0.05) is 11.6 Å². The number of nitriles is 1. The molecule has 23 heavy (non-hydrogen) atoms. The molecule has 0 aliphatic heterocycles. The molecule has 0 radical (unpaired) electrons. The van der Waals surface area contributed by atoms with Crippen LogP contribution in [0.15, 0.2) is 48.9 Å². The Morgan fingerprint density at radius 3 is 2.83 bits per heavy atom. The smallest absolute Gasteiger partial charge is 0.138 e. The van der Waals surface area contributed by atoms with E-state index in [9.17, 15) is 5.26 Å². The summed E-state index contributed by atoms with van der Waals surface area (Å²) in [5.41, 5.74) is 2.34. The van der Waals surface area contributed by atoms with E-state index in [1.807, 2.05) is 35.9 Å². The van der Waals surface area contributed by atoms with Gasteiger partial charge < -0.3 is 5.32 Å². The molecular weight excluding hydrogens is 310 g/mol. The number of aryl methyl sites for hydroxylation is 1. The first-order valence-corrected chi connectivity index (χ1v) is 7.44. The molecule has 2 aromatic heterocycles. The van der Waals surface area contributed by atoms with Crippen molar-refractivity contribution in [2.45, 2.75) is 13.5 Å². The van der Waals surface area contributed by atoms with E-state index < -0.39 is 0 Å². The maximum Gasteiger partial charge on any atom is 0.138 e. The normalized spacial score (nSPS) is 10.3. The highest BCUT2D eigenvalue weighted by molar-refractivity contribution is 6.30. The lowest BCUT2D eigenvalue weighted by Gasteiger charge is -2.10. The Hall–Kier alpha value is -2.84. The minimum Gasteiger partial charge on any atom is -0.380 e. The van der Waals surface area contributed by atoms with Crippen molar-refractivity contribution in [1.29, 1.82) is 5.26 Å². The number of benzene rings is 1. The van der Waals surface area contributed by atoms with Crippen molar-refractivity contribution < 1.29 is 0 Å². The van der Waals surface area contributed by atoms with Crippen molar-refractivity contribution >= 4 is 17.3 Å². The molecule has 3 rings (SSSR count). The van der Waals surface area contributed by atoms with Gasteiger partial charge in [0.2, 0.25) is 0 Å². The molecule has 6 heteroatoms. The fourth-order valence-electron chi connectivity index (χ4n) is 2.28. The van der Waals surface area contributed by atoms with E-state index in [-0.39, 0.29) is 0 Å². The molecular formula is C17H14ClN5. The second kappa shape index (κ2) is 6.51. The molecule has 0 fully saturated rings. The molecule has 114 valence electrons. The van der Waals surface area contributed by atoms with Crippen LogP contribution < -0.4 is 5.32 Å². The number of aromatic nitrogens is 3.